The first-order valence-corrected chi connectivity index (χ1v) is 29.8. The molecule has 0 saturated carbocycles. The molecule has 11 rings (SSSR count). The van der Waals surface area contributed by atoms with Crippen molar-refractivity contribution >= 4 is 107 Å². The number of rotatable bonds is 18. The number of benzene rings is 6. The van der Waals surface area contributed by atoms with Crippen LogP contribution in [0.3, 0.4) is 0 Å². The molecule has 19 nitrogen and oxygen atoms in total. The third-order valence-corrected chi connectivity index (χ3v) is 16.0. The second-order valence-electron chi connectivity index (χ2n) is 20.3. The van der Waals surface area contributed by atoms with Crippen LogP contribution >= 0.6 is 22.6 Å². The van der Waals surface area contributed by atoms with Crippen LogP contribution in [0.2, 0.25) is 0 Å². The highest BCUT2D eigenvalue weighted by Gasteiger charge is 2.33. The normalized spacial score (nSPS) is 12.0. The minimum absolute atomic E-state index is 0.00584. The highest BCUT2D eigenvalue weighted by Crippen LogP contribution is 2.38. The van der Waals surface area contributed by atoms with Crippen molar-refractivity contribution in [1.82, 2.24) is 19.9 Å². The summed E-state index contributed by atoms with van der Waals surface area (Å²) in [6, 6.07) is 53.4. The van der Waals surface area contributed by atoms with Crippen LogP contribution in [0, 0.1) is 20.2 Å². The average molecular weight is 1310 g/mol. The van der Waals surface area contributed by atoms with E-state index >= 15 is 0 Å². The number of carbonyl (C=O) groups excluding carboxylic acids is 4. The molecule has 5 heterocycles. The number of ether oxygens (including phenoxy) is 4. The number of carbonyl (C=O) groups is 4. The van der Waals surface area contributed by atoms with Gasteiger partial charge in [0.1, 0.15) is 0 Å². The summed E-state index contributed by atoms with van der Waals surface area (Å²) >= 11 is 2.00. The number of nitro benzene ring substituents is 2. The van der Waals surface area contributed by atoms with Gasteiger partial charge in [-0.3, -0.25) is 20.2 Å². The van der Waals surface area contributed by atoms with Crippen molar-refractivity contribution in [2.75, 3.05) is 31.3 Å². The molecule has 90 heavy (non-hydrogen) atoms. The summed E-state index contributed by atoms with van der Waals surface area (Å²) in [6.45, 7) is 6.21. The van der Waals surface area contributed by atoms with Crippen molar-refractivity contribution in [2.24, 2.45) is 0 Å². The molecule has 0 saturated heterocycles. The van der Waals surface area contributed by atoms with E-state index in [1.807, 2.05) is 108 Å². The van der Waals surface area contributed by atoms with Gasteiger partial charge < -0.3 is 43.8 Å². The number of halogens is 1. The summed E-state index contributed by atoms with van der Waals surface area (Å²) in [7, 11) is 0. The van der Waals surface area contributed by atoms with Crippen LogP contribution in [0.25, 0.3) is 32.5 Å². The van der Waals surface area contributed by atoms with Crippen molar-refractivity contribution in [3.63, 3.8) is 0 Å². The highest BCUT2D eigenvalue weighted by molar-refractivity contribution is 14.1. The number of nitro groups is 2. The van der Waals surface area contributed by atoms with Gasteiger partial charge in [-0.05, 0) is 140 Å². The van der Waals surface area contributed by atoms with Crippen molar-refractivity contribution in [2.45, 2.75) is 27.7 Å². The van der Waals surface area contributed by atoms with E-state index in [2.05, 4.69) is 61.2 Å². The molecule has 8 bridgehead atoms. The molecule has 4 N–H and O–H groups in total. The zero-order valence-electron chi connectivity index (χ0n) is 48.9. The van der Waals surface area contributed by atoms with Gasteiger partial charge in [-0.2, -0.15) is 0 Å². The number of esters is 4. The van der Waals surface area contributed by atoms with Crippen LogP contribution in [0.5, 0.6) is 0 Å². The van der Waals surface area contributed by atoms with Crippen molar-refractivity contribution in [1.29, 1.82) is 0 Å². The number of aromatic amines is 4. The van der Waals surface area contributed by atoms with Crippen LogP contribution in [-0.4, -0.2) is 80.1 Å². The van der Waals surface area contributed by atoms with Gasteiger partial charge in [0.2, 0.25) is 0 Å². The number of para-hydroxylation sites is 4. The van der Waals surface area contributed by atoms with E-state index < -0.39 is 33.7 Å². The van der Waals surface area contributed by atoms with Gasteiger partial charge in [0, 0.05) is 57.0 Å². The molecular weight excluding hydrogens is 1260 g/mol. The highest BCUT2D eigenvalue weighted by atomic mass is 127. The SMILES string of the molecule is CCOC(=O)c1cc2[nH]c1C(c1ccccc1[N+](=O)[O-])=c1[nH]c(cc1C(=O)OCC)=C(c1ccc(/C=C/c3ccc(N(c4ccccc4)c4ccccc4)cc3)cc1)c1cc(C(=O)OCC)c([nH]1)C(c1ccccc1[N+](=O)[O-])=c1[nH]c(cc1C(=O)OCC)=C2I. The van der Waals surface area contributed by atoms with Gasteiger partial charge in [0.15, 0.2) is 0 Å². The Morgan fingerprint density at radius 1 is 0.444 bits per heavy atom. The Hall–Kier alpha value is -11.1. The largest absolute Gasteiger partial charge is 0.462 e. The lowest BCUT2D eigenvalue weighted by Gasteiger charge is -2.25. The average Bonchev–Trinajstić information content (AvgIpc) is 1.58. The Morgan fingerprint density at radius 2 is 0.822 bits per heavy atom. The zero-order valence-corrected chi connectivity index (χ0v) is 51.1. The Kier molecular flexibility index (Phi) is 17.8. The first-order chi connectivity index (χ1) is 43.7. The molecule has 20 heteroatoms. The number of nitrogens with one attached hydrogen (secondary N) is 4. The van der Waals surface area contributed by atoms with E-state index in [9.17, 15) is 39.4 Å². The van der Waals surface area contributed by atoms with Gasteiger partial charge in [-0.25, -0.2) is 19.2 Å². The maximum atomic E-state index is 14.7. The van der Waals surface area contributed by atoms with Gasteiger partial charge >= 0.3 is 23.9 Å². The fourth-order valence-electron chi connectivity index (χ4n) is 11.0. The number of anilines is 3. The lowest BCUT2D eigenvalue weighted by molar-refractivity contribution is -0.385. The molecule has 1 aliphatic heterocycles. The standard InChI is InChI=1S/C70H56IN7O12/c1-5-87-67(79)49-37-53-59(43-33-29-41(30-34-43)27-28-42-31-35-46(36-32-42)76(44-19-11-9-12-20-44)45-21-13-10-14-22-45)54-38-50(68(80)88-6-2)64(73-54)61(48-24-16-18-26-58(48)78(85)86)66-52(70(82)90-8-4)40-56(75-66)62(71)55-39-51(69(81)89-7-3)65(74-55)60(63(49)72-53)47-23-15-17-25-57(47)77(83)84/h9-40,72-75H,5-8H2,1-4H3/b28-27+,59-53?,59-54?,62-55?,62-56?,63-60?,64-61?,65-60?,66-61?. The maximum absolute atomic E-state index is 14.7. The molecule has 0 fully saturated rings. The smallest absolute Gasteiger partial charge is 0.340 e. The first-order valence-electron chi connectivity index (χ1n) is 28.7. The summed E-state index contributed by atoms with van der Waals surface area (Å²) < 4.78 is 23.2. The van der Waals surface area contributed by atoms with E-state index in [0.29, 0.717) is 14.7 Å². The molecule has 0 radical (unpaired) electrons. The fraction of sp³-hybridized carbons (Fsp3) is 0.114. The molecule has 0 spiro atoms. The quantitative estimate of drug-likeness (QED) is 0.0156. The molecule has 0 atom stereocenters. The first kappa shape index (κ1) is 60.6. The fourth-order valence-corrected chi connectivity index (χ4v) is 11.5. The number of hydrogen-bond donors (Lipinski definition) is 4. The molecule has 0 amide bonds. The maximum Gasteiger partial charge on any atom is 0.340 e. The number of aromatic nitrogens is 4. The van der Waals surface area contributed by atoms with E-state index in [1.165, 1.54) is 60.7 Å². The molecule has 6 aromatic carbocycles. The van der Waals surface area contributed by atoms with E-state index in [4.69, 9.17) is 18.9 Å². The second kappa shape index (κ2) is 26.5. The number of hydrogen-bond acceptors (Lipinski definition) is 13. The summed E-state index contributed by atoms with van der Waals surface area (Å²) in [4.78, 5) is 99.4. The van der Waals surface area contributed by atoms with Gasteiger partial charge in [0.25, 0.3) is 11.4 Å². The topological polar surface area (TPSA) is 258 Å². The van der Waals surface area contributed by atoms with Gasteiger partial charge in [-0.15, -0.1) is 0 Å². The molecule has 450 valence electrons. The Bertz CT molecular complexity index is 4720. The number of fused-ring (bicyclic) bond motifs is 8. The summed E-state index contributed by atoms with van der Waals surface area (Å²) in [5.74, 6) is -3.34. The van der Waals surface area contributed by atoms with E-state index in [-0.39, 0.29) is 127 Å². The lowest BCUT2D eigenvalue weighted by Crippen LogP contribution is -2.23. The lowest BCUT2D eigenvalue weighted by atomic mass is 9.96. The van der Waals surface area contributed by atoms with Crippen LogP contribution in [-0.2, 0) is 18.9 Å². The molecule has 0 unspecified atom stereocenters. The van der Waals surface area contributed by atoms with Crippen molar-refractivity contribution in [3.05, 3.63) is 296 Å². The Balaban J connectivity index is 1.24. The molecule has 4 aromatic heterocycles. The molecular formula is C70H56IN7O12. The number of H-pyrrole nitrogens is 4. The minimum Gasteiger partial charge on any atom is -0.462 e. The van der Waals surface area contributed by atoms with Gasteiger partial charge in [0.05, 0.1) is 106 Å². The molecule has 1 aliphatic rings. The Labute approximate surface area is 527 Å². The third kappa shape index (κ3) is 12.0. The zero-order chi connectivity index (χ0) is 63.2. The van der Waals surface area contributed by atoms with Crippen LogP contribution in [0.4, 0.5) is 28.4 Å². The van der Waals surface area contributed by atoms with Crippen LogP contribution in [0.1, 0.15) is 120 Å². The van der Waals surface area contributed by atoms with Crippen LogP contribution < -0.4 is 26.3 Å². The Morgan fingerprint density at radius 3 is 1.28 bits per heavy atom. The second-order valence-corrected chi connectivity index (χ2v) is 21.4. The van der Waals surface area contributed by atoms with Crippen LogP contribution in [0.15, 0.2) is 182 Å². The van der Waals surface area contributed by atoms with Crippen molar-refractivity contribution < 1.29 is 48.0 Å². The summed E-state index contributed by atoms with van der Waals surface area (Å²) in [5, 5.41) is 26.8. The predicted molar refractivity (Wildman–Crippen MR) is 350 cm³/mol. The monoisotopic (exact) mass is 1310 g/mol. The van der Waals surface area contributed by atoms with E-state index in [1.54, 1.807) is 39.8 Å². The predicted octanol–water partition coefficient (Wildman–Crippen LogP) is 11.8. The summed E-state index contributed by atoms with van der Waals surface area (Å²) in [5.41, 5.74) is 4.60. The molecule has 0 aliphatic carbocycles. The van der Waals surface area contributed by atoms with Gasteiger partial charge in [-0.1, -0.05) is 109 Å². The van der Waals surface area contributed by atoms with E-state index in [0.717, 1.165) is 28.2 Å². The third-order valence-electron chi connectivity index (χ3n) is 14.9. The van der Waals surface area contributed by atoms with Crippen molar-refractivity contribution in [3.8, 4) is 0 Å². The number of nitrogens with zero attached hydrogens (tertiary/aromatic N) is 3. The minimum atomic E-state index is -0.841. The summed E-state index contributed by atoms with van der Waals surface area (Å²) in [6.07, 6.45) is 3.93. The molecule has 10 aromatic rings.